The zero-order valence-corrected chi connectivity index (χ0v) is 14.5. The first-order valence-corrected chi connectivity index (χ1v) is 8.49. The molecule has 1 N–H and O–H groups in total. The van der Waals surface area contributed by atoms with Gasteiger partial charge in [-0.05, 0) is 36.2 Å². The molecule has 1 aliphatic heterocycles. The van der Waals surface area contributed by atoms with Crippen molar-refractivity contribution in [3.8, 4) is 11.5 Å². The third kappa shape index (κ3) is 4.08. The molecule has 0 spiro atoms. The molecule has 6 heteroatoms. The number of para-hydroxylation sites is 1. The molecule has 1 saturated heterocycles. The average molecular weight is 346 g/mol. The van der Waals surface area contributed by atoms with Crippen molar-refractivity contribution < 1.29 is 18.6 Å². The number of hydrogen-bond donors (Lipinski definition) is 1. The standard InChI is InChI=1S/C19H23FN2O3/c1-3-13-7-8-22-15(11-13)19(17-12-21-9-10-24-17)25-18-14(20)5-4-6-16(18)23-2/h4-8,11,17,19,21H,3,9-10,12H2,1-2H3/t17-,19-/m0/s1. The average Bonchev–Trinajstić information content (AvgIpc) is 2.67. The lowest BCUT2D eigenvalue weighted by atomic mass is 10.1. The molecule has 2 aromatic rings. The Morgan fingerprint density at radius 1 is 1.40 bits per heavy atom. The molecule has 1 fully saturated rings. The van der Waals surface area contributed by atoms with Gasteiger partial charge in [0.2, 0.25) is 0 Å². The minimum absolute atomic E-state index is 0.0767. The number of hydrogen-bond acceptors (Lipinski definition) is 5. The monoisotopic (exact) mass is 346 g/mol. The third-order valence-corrected chi connectivity index (χ3v) is 4.23. The molecule has 0 aliphatic carbocycles. The second kappa shape index (κ2) is 8.27. The summed E-state index contributed by atoms with van der Waals surface area (Å²) in [5.74, 6) is -0.0481. The highest BCUT2D eigenvalue weighted by molar-refractivity contribution is 5.41. The molecule has 2 heterocycles. The summed E-state index contributed by atoms with van der Waals surface area (Å²) in [5.41, 5.74) is 1.86. The van der Waals surface area contributed by atoms with E-state index in [9.17, 15) is 4.39 Å². The smallest absolute Gasteiger partial charge is 0.197 e. The van der Waals surface area contributed by atoms with E-state index in [0.29, 0.717) is 18.9 Å². The summed E-state index contributed by atoms with van der Waals surface area (Å²) in [6.07, 6.45) is 1.83. The number of methoxy groups -OCH3 is 1. The molecule has 0 bridgehead atoms. The summed E-state index contributed by atoms with van der Waals surface area (Å²) in [4.78, 5) is 4.45. The number of nitrogens with zero attached hydrogens (tertiary/aromatic N) is 1. The summed E-state index contributed by atoms with van der Waals surface area (Å²) in [6.45, 7) is 4.05. The van der Waals surface area contributed by atoms with E-state index in [1.54, 1.807) is 18.3 Å². The second-order valence-corrected chi connectivity index (χ2v) is 5.87. The Bertz CT molecular complexity index is 705. The van der Waals surface area contributed by atoms with E-state index in [1.807, 2.05) is 12.1 Å². The maximum absolute atomic E-state index is 14.3. The molecule has 0 unspecified atom stereocenters. The van der Waals surface area contributed by atoms with Crippen molar-refractivity contribution in [2.24, 2.45) is 0 Å². The third-order valence-electron chi connectivity index (χ3n) is 4.23. The van der Waals surface area contributed by atoms with E-state index in [4.69, 9.17) is 14.2 Å². The number of aryl methyl sites for hydroxylation is 1. The van der Waals surface area contributed by atoms with E-state index in [1.165, 1.54) is 13.2 Å². The quantitative estimate of drug-likeness (QED) is 0.872. The molecule has 5 nitrogen and oxygen atoms in total. The molecule has 25 heavy (non-hydrogen) atoms. The zero-order valence-electron chi connectivity index (χ0n) is 14.5. The number of rotatable bonds is 6. The number of halogens is 1. The van der Waals surface area contributed by atoms with Crippen LogP contribution in [0, 0.1) is 5.82 Å². The lowest BCUT2D eigenvalue weighted by Gasteiger charge is -2.31. The predicted octanol–water partition coefficient (Wildman–Crippen LogP) is 2.90. The van der Waals surface area contributed by atoms with Crippen molar-refractivity contribution >= 4 is 0 Å². The summed E-state index contributed by atoms with van der Waals surface area (Å²) in [6, 6.07) is 8.56. The molecule has 0 saturated carbocycles. The molecule has 0 radical (unpaired) electrons. The molecule has 1 aliphatic rings. The van der Waals surface area contributed by atoms with Gasteiger partial charge >= 0.3 is 0 Å². The predicted molar refractivity (Wildman–Crippen MR) is 92.5 cm³/mol. The van der Waals surface area contributed by atoms with Crippen molar-refractivity contribution in [2.75, 3.05) is 26.8 Å². The van der Waals surface area contributed by atoms with E-state index >= 15 is 0 Å². The molecule has 2 atom stereocenters. The van der Waals surface area contributed by atoms with Gasteiger partial charge in [-0.25, -0.2) is 4.39 Å². The van der Waals surface area contributed by atoms with Crippen LogP contribution in [0.4, 0.5) is 4.39 Å². The van der Waals surface area contributed by atoms with Gasteiger partial charge in [-0.1, -0.05) is 13.0 Å². The normalized spacial score (nSPS) is 18.6. The SMILES string of the molecule is CCc1ccnc([C@H](Oc2c(F)cccc2OC)[C@@H]2CNCCO2)c1. The van der Waals surface area contributed by atoms with Crippen LogP contribution in [-0.2, 0) is 11.2 Å². The van der Waals surface area contributed by atoms with Gasteiger partial charge in [0.25, 0.3) is 0 Å². The van der Waals surface area contributed by atoms with Crippen molar-refractivity contribution in [1.29, 1.82) is 0 Å². The van der Waals surface area contributed by atoms with Gasteiger partial charge < -0.3 is 19.5 Å². The van der Waals surface area contributed by atoms with Crippen LogP contribution in [0.15, 0.2) is 36.5 Å². The molecule has 3 rings (SSSR count). The lowest BCUT2D eigenvalue weighted by Crippen LogP contribution is -2.43. The van der Waals surface area contributed by atoms with Crippen LogP contribution in [0.5, 0.6) is 11.5 Å². The van der Waals surface area contributed by atoms with Crippen LogP contribution >= 0.6 is 0 Å². The summed E-state index contributed by atoms with van der Waals surface area (Å²) in [5, 5.41) is 3.28. The minimum atomic E-state index is -0.537. The Labute approximate surface area is 147 Å². The van der Waals surface area contributed by atoms with Crippen LogP contribution in [-0.4, -0.2) is 37.9 Å². The minimum Gasteiger partial charge on any atom is -0.493 e. The van der Waals surface area contributed by atoms with E-state index in [-0.39, 0.29) is 11.9 Å². The van der Waals surface area contributed by atoms with E-state index in [2.05, 4.69) is 17.2 Å². The van der Waals surface area contributed by atoms with Gasteiger partial charge in [0.15, 0.2) is 23.4 Å². The summed E-state index contributed by atoms with van der Waals surface area (Å²) < 4.78 is 31.5. The van der Waals surface area contributed by atoms with Crippen molar-refractivity contribution in [3.05, 3.63) is 53.6 Å². The first-order chi connectivity index (χ1) is 12.2. The zero-order chi connectivity index (χ0) is 17.6. The Balaban J connectivity index is 1.96. The highest BCUT2D eigenvalue weighted by Gasteiger charge is 2.31. The first-order valence-electron chi connectivity index (χ1n) is 8.49. The fourth-order valence-electron chi connectivity index (χ4n) is 2.87. The van der Waals surface area contributed by atoms with Crippen LogP contribution in [0.25, 0.3) is 0 Å². The first kappa shape index (κ1) is 17.6. The summed E-state index contributed by atoms with van der Waals surface area (Å²) in [7, 11) is 1.49. The van der Waals surface area contributed by atoms with E-state index in [0.717, 1.165) is 24.2 Å². The van der Waals surface area contributed by atoms with Crippen LogP contribution in [0.1, 0.15) is 24.3 Å². The molecule has 134 valence electrons. The summed E-state index contributed by atoms with van der Waals surface area (Å²) >= 11 is 0. The maximum atomic E-state index is 14.3. The number of morpholine rings is 1. The maximum Gasteiger partial charge on any atom is 0.197 e. The van der Waals surface area contributed by atoms with Gasteiger partial charge in [-0.15, -0.1) is 0 Å². The lowest BCUT2D eigenvalue weighted by molar-refractivity contribution is -0.0463. The highest BCUT2D eigenvalue weighted by atomic mass is 19.1. The largest absolute Gasteiger partial charge is 0.493 e. The van der Waals surface area contributed by atoms with Crippen molar-refractivity contribution in [3.63, 3.8) is 0 Å². The number of nitrogens with one attached hydrogen (secondary N) is 1. The van der Waals surface area contributed by atoms with Crippen LogP contribution in [0.3, 0.4) is 0 Å². The Morgan fingerprint density at radius 2 is 2.28 bits per heavy atom. The van der Waals surface area contributed by atoms with Gasteiger partial charge in [0.05, 0.1) is 19.4 Å². The molecule has 1 aromatic heterocycles. The van der Waals surface area contributed by atoms with Gasteiger partial charge in [-0.2, -0.15) is 0 Å². The van der Waals surface area contributed by atoms with Gasteiger partial charge in [0.1, 0.15) is 6.10 Å². The topological polar surface area (TPSA) is 52.6 Å². The number of pyridine rings is 1. The van der Waals surface area contributed by atoms with Crippen LogP contribution < -0.4 is 14.8 Å². The van der Waals surface area contributed by atoms with Gasteiger partial charge in [-0.3, -0.25) is 4.98 Å². The fourth-order valence-corrected chi connectivity index (χ4v) is 2.87. The van der Waals surface area contributed by atoms with Gasteiger partial charge in [0, 0.05) is 19.3 Å². The Morgan fingerprint density at radius 3 is 3.00 bits per heavy atom. The van der Waals surface area contributed by atoms with E-state index < -0.39 is 11.9 Å². The van der Waals surface area contributed by atoms with Crippen molar-refractivity contribution in [1.82, 2.24) is 10.3 Å². The van der Waals surface area contributed by atoms with Crippen molar-refractivity contribution in [2.45, 2.75) is 25.6 Å². The molecular weight excluding hydrogens is 323 g/mol. The molecular formula is C19H23FN2O3. The Hall–Kier alpha value is -2.18. The second-order valence-electron chi connectivity index (χ2n) is 5.87. The highest BCUT2D eigenvalue weighted by Crippen LogP contribution is 2.35. The number of aromatic nitrogens is 1. The molecule has 0 amide bonds. The van der Waals surface area contributed by atoms with Crippen LogP contribution in [0.2, 0.25) is 0 Å². The number of benzene rings is 1. The Kier molecular flexibility index (Phi) is 5.83. The fraction of sp³-hybridized carbons (Fsp3) is 0.421. The number of ether oxygens (including phenoxy) is 3. The molecule has 1 aromatic carbocycles.